The molecule has 2 aliphatic rings. The third-order valence-corrected chi connectivity index (χ3v) is 4.26. The fraction of sp³-hybridized carbons (Fsp3) is 1.00. The lowest BCUT2D eigenvalue weighted by atomic mass is 9.99. The first kappa shape index (κ1) is 14.2. The Balaban J connectivity index is 2.11. The standard InChI is InChI=1S/C12H23NO5/c1-6(15)4-10(16)7-2-3-8-11(17)12(18)9(5-14)13(7)8/h6-12,14-18H,2-5H2,1H3. The van der Waals surface area contributed by atoms with Gasteiger partial charge in [-0.3, -0.25) is 4.90 Å². The van der Waals surface area contributed by atoms with E-state index in [2.05, 4.69) is 0 Å². The summed E-state index contributed by atoms with van der Waals surface area (Å²) in [7, 11) is 0. The molecule has 5 N–H and O–H groups in total. The zero-order valence-electron chi connectivity index (χ0n) is 10.6. The minimum atomic E-state index is -0.971. The van der Waals surface area contributed by atoms with Gasteiger partial charge < -0.3 is 25.5 Å². The fourth-order valence-electron chi connectivity index (χ4n) is 3.46. The van der Waals surface area contributed by atoms with Crippen molar-refractivity contribution in [3.8, 4) is 0 Å². The fourth-order valence-corrected chi connectivity index (χ4v) is 3.46. The molecule has 2 saturated heterocycles. The summed E-state index contributed by atoms with van der Waals surface area (Å²) >= 11 is 0. The summed E-state index contributed by atoms with van der Waals surface area (Å²) in [5.74, 6) is 0. The molecule has 0 amide bonds. The summed E-state index contributed by atoms with van der Waals surface area (Å²) in [4.78, 5) is 1.84. The number of aliphatic hydroxyl groups excluding tert-OH is 5. The average molecular weight is 261 g/mol. The lowest BCUT2D eigenvalue weighted by Crippen LogP contribution is -2.48. The average Bonchev–Trinajstić information content (AvgIpc) is 2.80. The monoisotopic (exact) mass is 261 g/mol. The molecule has 0 bridgehead atoms. The Labute approximate surface area is 106 Å². The molecule has 18 heavy (non-hydrogen) atoms. The quantitative estimate of drug-likeness (QED) is 0.403. The second-order valence-electron chi connectivity index (χ2n) is 5.54. The summed E-state index contributed by atoms with van der Waals surface area (Å²) in [5.41, 5.74) is 0. The molecule has 0 aromatic carbocycles. The van der Waals surface area contributed by atoms with Gasteiger partial charge in [0.15, 0.2) is 0 Å². The van der Waals surface area contributed by atoms with E-state index in [1.165, 1.54) is 0 Å². The summed E-state index contributed by atoms with van der Waals surface area (Å²) < 4.78 is 0. The highest BCUT2D eigenvalue weighted by Gasteiger charge is 2.54. The number of rotatable bonds is 4. The third-order valence-electron chi connectivity index (χ3n) is 4.26. The summed E-state index contributed by atoms with van der Waals surface area (Å²) in [5, 5.41) is 48.5. The van der Waals surface area contributed by atoms with Gasteiger partial charge >= 0.3 is 0 Å². The molecule has 6 nitrogen and oxygen atoms in total. The van der Waals surface area contributed by atoms with Gasteiger partial charge in [0.05, 0.1) is 37.1 Å². The van der Waals surface area contributed by atoms with Crippen molar-refractivity contribution in [2.75, 3.05) is 6.61 Å². The van der Waals surface area contributed by atoms with E-state index in [1.807, 2.05) is 4.90 Å². The van der Waals surface area contributed by atoms with Crippen molar-refractivity contribution < 1.29 is 25.5 Å². The van der Waals surface area contributed by atoms with Crippen LogP contribution in [-0.2, 0) is 0 Å². The molecule has 0 aromatic rings. The Hall–Kier alpha value is -0.240. The summed E-state index contributed by atoms with van der Waals surface area (Å²) in [6.07, 6.45) is -1.48. The summed E-state index contributed by atoms with van der Waals surface area (Å²) in [6, 6.07) is -0.944. The van der Waals surface area contributed by atoms with Crippen LogP contribution >= 0.6 is 0 Å². The van der Waals surface area contributed by atoms with Gasteiger partial charge in [0.2, 0.25) is 0 Å². The Bertz CT molecular complexity index is 286. The zero-order chi connectivity index (χ0) is 13.4. The molecular formula is C12H23NO5. The number of nitrogens with zero attached hydrogens (tertiary/aromatic N) is 1. The van der Waals surface area contributed by atoms with Crippen LogP contribution in [0.2, 0.25) is 0 Å². The van der Waals surface area contributed by atoms with Gasteiger partial charge in [0.25, 0.3) is 0 Å². The first-order chi connectivity index (χ1) is 8.47. The molecule has 0 radical (unpaired) electrons. The van der Waals surface area contributed by atoms with Crippen molar-refractivity contribution in [3.05, 3.63) is 0 Å². The van der Waals surface area contributed by atoms with Crippen molar-refractivity contribution in [3.63, 3.8) is 0 Å². The molecule has 0 aromatic heterocycles. The van der Waals surface area contributed by atoms with E-state index in [0.29, 0.717) is 12.8 Å². The van der Waals surface area contributed by atoms with Crippen molar-refractivity contribution >= 4 is 0 Å². The lowest BCUT2D eigenvalue weighted by Gasteiger charge is -2.33. The molecule has 6 heteroatoms. The van der Waals surface area contributed by atoms with Gasteiger partial charge in [0, 0.05) is 18.5 Å². The highest BCUT2D eigenvalue weighted by Crippen LogP contribution is 2.38. The molecule has 0 aliphatic carbocycles. The first-order valence-corrected chi connectivity index (χ1v) is 6.58. The van der Waals surface area contributed by atoms with Crippen LogP contribution in [0.25, 0.3) is 0 Å². The second-order valence-corrected chi connectivity index (χ2v) is 5.54. The van der Waals surface area contributed by atoms with E-state index in [4.69, 9.17) is 0 Å². The first-order valence-electron chi connectivity index (χ1n) is 6.58. The predicted octanol–water partition coefficient (Wildman–Crippen LogP) is -1.95. The van der Waals surface area contributed by atoms with E-state index < -0.39 is 30.5 Å². The van der Waals surface area contributed by atoms with Gasteiger partial charge in [0.1, 0.15) is 0 Å². The van der Waals surface area contributed by atoms with Crippen LogP contribution in [0.1, 0.15) is 26.2 Å². The van der Waals surface area contributed by atoms with Gasteiger partial charge in [-0.05, 0) is 19.8 Å². The molecule has 2 heterocycles. The van der Waals surface area contributed by atoms with Crippen LogP contribution < -0.4 is 0 Å². The van der Waals surface area contributed by atoms with Crippen LogP contribution in [0.3, 0.4) is 0 Å². The molecule has 2 fully saturated rings. The molecule has 106 valence electrons. The Morgan fingerprint density at radius 2 is 1.83 bits per heavy atom. The Morgan fingerprint density at radius 3 is 2.39 bits per heavy atom. The number of hydrogen-bond donors (Lipinski definition) is 5. The number of aliphatic hydroxyl groups is 5. The van der Waals surface area contributed by atoms with E-state index in [-0.39, 0.29) is 25.1 Å². The number of hydrogen-bond acceptors (Lipinski definition) is 6. The predicted molar refractivity (Wildman–Crippen MR) is 63.8 cm³/mol. The lowest BCUT2D eigenvalue weighted by molar-refractivity contribution is -0.0118. The van der Waals surface area contributed by atoms with Crippen molar-refractivity contribution in [1.82, 2.24) is 4.90 Å². The van der Waals surface area contributed by atoms with Gasteiger partial charge in [-0.25, -0.2) is 0 Å². The Kier molecular flexibility index (Phi) is 4.25. The van der Waals surface area contributed by atoms with Crippen LogP contribution in [0.15, 0.2) is 0 Å². The largest absolute Gasteiger partial charge is 0.395 e. The zero-order valence-corrected chi connectivity index (χ0v) is 10.6. The van der Waals surface area contributed by atoms with Crippen molar-refractivity contribution in [1.29, 1.82) is 0 Å². The maximum absolute atomic E-state index is 10.1. The minimum Gasteiger partial charge on any atom is -0.395 e. The molecular weight excluding hydrogens is 238 g/mol. The van der Waals surface area contributed by atoms with E-state index in [1.54, 1.807) is 6.92 Å². The highest BCUT2D eigenvalue weighted by atomic mass is 16.3. The minimum absolute atomic E-state index is 0.203. The molecule has 2 rings (SSSR count). The SMILES string of the molecule is CC(O)CC(O)C1CCC2C(O)C(O)C(CO)N12. The van der Waals surface area contributed by atoms with Gasteiger partial charge in [-0.1, -0.05) is 0 Å². The molecule has 7 atom stereocenters. The van der Waals surface area contributed by atoms with Gasteiger partial charge in [-0.15, -0.1) is 0 Å². The second kappa shape index (κ2) is 5.40. The van der Waals surface area contributed by atoms with E-state index in [0.717, 1.165) is 0 Å². The maximum Gasteiger partial charge on any atom is 0.0991 e. The Morgan fingerprint density at radius 1 is 1.17 bits per heavy atom. The van der Waals surface area contributed by atoms with E-state index >= 15 is 0 Å². The van der Waals surface area contributed by atoms with E-state index in [9.17, 15) is 25.5 Å². The summed E-state index contributed by atoms with van der Waals surface area (Å²) in [6.45, 7) is 1.37. The third kappa shape index (κ3) is 2.29. The molecule has 7 unspecified atom stereocenters. The molecule has 2 aliphatic heterocycles. The van der Waals surface area contributed by atoms with Crippen molar-refractivity contribution in [2.45, 2.75) is 68.7 Å². The topological polar surface area (TPSA) is 104 Å². The molecule has 0 spiro atoms. The van der Waals surface area contributed by atoms with Crippen LogP contribution in [0, 0.1) is 0 Å². The number of fused-ring (bicyclic) bond motifs is 1. The van der Waals surface area contributed by atoms with Gasteiger partial charge in [-0.2, -0.15) is 0 Å². The molecule has 0 saturated carbocycles. The maximum atomic E-state index is 10.1. The normalized spacial score (nSPS) is 44.0. The highest BCUT2D eigenvalue weighted by molar-refractivity contribution is 5.08. The van der Waals surface area contributed by atoms with Crippen molar-refractivity contribution in [2.24, 2.45) is 0 Å². The smallest absolute Gasteiger partial charge is 0.0991 e. The van der Waals surface area contributed by atoms with Crippen LogP contribution in [0.5, 0.6) is 0 Å². The van der Waals surface area contributed by atoms with Crippen LogP contribution in [0.4, 0.5) is 0 Å². The van der Waals surface area contributed by atoms with Crippen LogP contribution in [-0.4, -0.2) is 79.6 Å².